The zero-order valence-corrected chi connectivity index (χ0v) is 40.9. The van der Waals surface area contributed by atoms with E-state index in [0.717, 1.165) is 83.5 Å². The van der Waals surface area contributed by atoms with Crippen LogP contribution in [0.15, 0.2) is 85.1 Å². The van der Waals surface area contributed by atoms with Crippen LogP contribution >= 0.6 is 0 Å². The first-order chi connectivity index (χ1) is 30.6. The van der Waals surface area contributed by atoms with Gasteiger partial charge in [-0.05, 0) is 83.5 Å². The maximum atomic E-state index is 12.8. The highest BCUT2D eigenvalue weighted by Crippen LogP contribution is 2.14. The molecule has 0 aliphatic rings. The zero-order chi connectivity index (χ0) is 44.9. The van der Waals surface area contributed by atoms with E-state index in [2.05, 4.69) is 106 Å². The van der Waals surface area contributed by atoms with Crippen LogP contribution in [-0.4, -0.2) is 37.9 Å². The second-order valence-electron chi connectivity index (χ2n) is 17.0. The Morgan fingerprint density at radius 2 is 0.726 bits per heavy atom. The molecule has 0 N–H and O–H groups in total. The van der Waals surface area contributed by atoms with Gasteiger partial charge in [-0.25, -0.2) is 0 Å². The molecule has 356 valence electrons. The lowest BCUT2D eigenvalue weighted by molar-refractivity contribution is -0.162. The van der Waals surface area contributed by atoms with Crippen molar-refractivity contribution in [2.24, 2.45) is 0 Å². The minimum atomic E-state index is -0.578. The summed E-state index contributed by atoms with van der Waals surface area (Å²) in [6.07, 6.45) is 69.0. The average Bonchev–Trinajstić information content (AvgIpc) is 3.27. The van der Waals surface area contributed by atoms with Gasteiger partial charge in [0.15, 0.2) is 6.10 Å². The van der Waals surface area contributed by atoms with E-state index in [-0.39, 0.29) is 25.2 Å². The number of carbonyl (C=O) groups excluding carboxylic acids is 2. The van der Waals surface area contributed by atoms with Crippen molar-refractivity contribution < 1.29 is 23.8 Å². The summed E-state index contributed by atoms with van der Waals surface area (Å²) in [5.74, 6) is -0.441. The number of hydrogen-bond donors (Lipinski definition) is 0. The largest absolute Gasteiger partial charge is 0.462 e. The number of rotatable bonds is 47. The second-order valence-corrected chi connectivity index (χ2v) is 17.0. The molecule has 0 aliphatic carbocycles. The molecule has 5 heteroatoms. The summed E-state index contributed by atoms with van der Waals surface area (Å²) in [6.45, 7) is 7.48. The topological polar surface area (TPSA) is 61.8 Å². The quantitative estimate of drug-likeness (QED) is 0.0346. The highest BCUT2D eigenvalue weighted by atomic mass is 16.6. The normalized spacial score (nSPS) is 12.9. The molecule has 0 spiro atoms. The van der Waals surface area contributed by atoms with Gasteiger partial charge in [0.1, 0.15) is 6.61 Å². The summed E-state index contributed by atoms with van der Waals surface area (Å²) >= 11 is 0. The minimum Gasteiger partial charge on any atom is -0.462 e. The van der Waals surface area contributed by atoms with Gasteiger partial charge < -0.3 is 14.2 Å². The van der Waals surface area contributed by atoms with E-state index in [0.29, 0.717) is 19.4 Å². The number of hydrogen-bond acceptors (Lipinski definition) is 5. The Bertz CT molecular complexity index is 1160. The van der Waals surface area contributed by atoms with Gasteiger partial charge in [-0.2, -0.15) is 0 Å². The van der Waals surface area contributed by atoms with Crippen LogP contribution in [0.5, 0.6) is 0 Å². The standard InChI is InChI=1S/C57H98O5/c1-4-7-10-13-16-19-22-24-26-28-29-30-31-33-36-38-41-44-47-50-56(58)61-54-55(62-57(59)51-48-45-42-39-35-21-18-15-12-9-6-3)53-60-52-49-46-43-40-37-34-32-27-25-23-20-17-14-11-8-5-2/h8,11,16-17,19-20,24-27,34,37,43,46,55H,4-7,9-10,12-15,18,21-23,28-33,35-36,38-42,44-45,47-54H2,1-3H3/b11-8-,19-16-,20-17-,26-24-,27-25-,37-34-,46-43-. The van der Waals surface area contributed by atoms with Crippen molar-refractivity contribution in [1.29, 1.82) is 0 Å². The zero-order valence-electron chi connectivity index (χ0n) is 40.9. The van der Waals surface area contributed by atoms with Crippen LogP contribution in [0.4, 0.5) is 0 Å². The first-order valence-electron chi connectivity index (χ1n) is 26.1. The van der Waals surface area contributed by atoms with Gasteiger partial charge in [-0.1, -0.05) is 228 Å². The molecule has 62 heavy (non-hydrogen) atoms. The van der Waals surface area contributed by atoms with Crippen molar-refractivity contribution in [1.82, 2.24) is 0 Å². The molecular formula is C57H98O5. The van der Waals surface area contributed by atoms with Crippen LogP contribution in [0.3, 0.4) is 0 Å². The number of allylic oxidation sites excluding steroid dienone is 13. The Morgan fingerprint density at radius 3 is 1.19 bits per heavy atom. The van der Waals surface area contributed by atoms with Gasteiger partial charge in [0, 0.05) is 12.8 Å². The molecule has 0 amide bonds. The highest BCUT2D eigenvalue weighted by Gasteiger charge is 2.17. The predicted molar refractivity (Wildman–Crippen MR) is 270 cm³/mol. The van der Waals surface area contributed by atoms with E-state index in [4.69, 9.17) is 14.2 Å². The summed E-state index contributed by atoms with van der Waals surface area (Å²) in [5, 5.41) is 0. The molecule has 0 bridgehead atoms. The molecule has 0 fully saturated rings. The van der Waals surface area contributed by atoms with E-state index in [9.17, 15) is 9.59 Å². The molecule has 1 unspecified atom stereocenters. The maximum absolute atomic E-state index is 12.8. The third-order valence-corrected chi connectivity index (χ3v) is 10.9. The van der Waals surface area contributed by atoms with Crippen molar-refractivity contribution in [2.45, 2.75) is 245 Å². The van der Waals surface area contributed by atoms with Crippen molar-refractivity contribution >= 4 is 11.9 Å². The smallest absolute Gasteiger partial charge is 0.306 e. The lowest BCUT2D eigenvalue weighted by atomic mass is 10.1. The van der Waals surface area contributed by atoms with Crippen LogP contribution in [0.25, 0.3) is 0 Å². The van der Waals surface area contributed by atoms with Crippen molar-refractivity contribution in [2.75, 3.05) is 19.8 Å². The van der Waals surface area contributed by atoms with E-state index in [1.165, 1.54) is 122 Å². The molecule has 0 aliphatic heterocycles. The van der Waals surface area contributed by atoms with E-state index in [1.54, 1.807) is 0 Å². The molecule has 0 heterocycles. The lowest BCUT2D eigenvalue weighted by Gasteiger charge is -2.18. The fourth-order valence-electron chi connectivity index (χ4n) is 7.08. The Kier molecular flexibility index (Phi) is 50.0. The number of ether oxygens (including phenoxy) is 3. The molecular weight excluding hydrogens is 765 g/mol. The molecule has 0 aromatic heterocycles. The Morgan fingerprint density at radius 1 is 0.371 bits per heavy atom. The van der Waals surface area contributed by atoms with E-state index < -0.39 is 6.10 Å². The van der Waals surface area contributed by atoms with Gasteiger partial charge in [0.2, 0.25) is 0 Å². The van der Waals surface area contributed by atoms with Gasteiger partial charge in [0.25, 0.3) is 0 Å². The number of unbranched alkanes of at least 4 members (excludes halogenated alkanes) is 22. The fourth-order valence-corrected chi connectivity index (χ4v) is 7.08. The summed E-state index contributed by atoms with van der Waals surface area (Å²) in [7, 11) is 0. The monoisotopic (exact) mass is 863 g/mol. The number of carbonyl (C=O) groups is 2. The molecule has 0 saturated heterocycles. The third kappa shape index (κ3) is 49.7. The van der Waals surface area contributed by atoms with Crippen LogP contribution in [-0.2, 0) is 23.8 Å². The minimum absolute atomic E-state index is 0.0520. The molecule has 0 aromatic rings. The van der Waals surface area contributed by atoms with Crippen LogP contribution in [0, 0.1) is 0 Å². The highest BCUT2D eigenvalue weighted by molar-refractivity contribution is 5.70. The van der Waals surface area contributed by atoms with Gasteiger partial charge in [-0.3, -0.25) is 9.59 Å². The average molecular weight is 863 g/mol. The van der Waals surface area contributed by atoms with Crippen LogP contribution < -0.4 is 0 Å². The SMILES string of the molecule is CC/C=C\C/C=C\C/C=C\C/C=C\C/C=C\CCOCC(COC(=O)CCCCCCCCCCC/C=C\C/C=C\CCCCC)OC(=O)CCCCCCCCCCCCC. The van der Waals surface area contributed by atoms with Gasteiger partial charge in [0.05, 0.1) is 13.2 Å². The van der Waals surface area contributed by atoms with E-state index >= 15 is 0 Å². The van der Waals surface area contributed by atoms with Gasteiger partial charge >= 0.3 is 11.9 Å². The summed E-state index contributed by atoms with van der Waals surface area (Å²) in [4.78, 5) is 25.4. The predicted octanol–water partition coefficient (Wildman–Crippen LogP) is 17.7. The first kappa shape index (κ1) is 59.1. The Balaban J connectivity index is 4.32. The molecule has 0 radical (unpaired) electrons. The summed E-state index contributed by atoms with van der Waals surface area (Å²) in [5.41, 5.74) is 0. The van der Waals surface area contributed by atoms with Crippen LogP contribution in [0.1, 0.15) is 239 Å². The second kappa shape index (κ2) is 52.4. The van der Waals surface area contributed by atoms with E-state index in [1.807, 2.05) is 0 Å². The summed E-state index contributed by atoms with van der Waals surface area (Å²) in [6, 6.07) is 0. The molecule has 0 aromatic carbocycles. The Labute approximate surface area is 384 Å². The lowest BCUT2D eigenvalue weighted by Crippen LogP contribution is -2.30. The summed E-state index contributed by atoms with van der Waals surface area (Å²) < 4.78 is 17.3. The number of esters is 2. The van der Waals surface area contributed by atoms with Crippen molar-refractivity contribution in [3.8, 4) is 0 Å². The third-order valence-electron chi connectivity index (χ3n) is 10.9. The molecule has 0 rings (SSSR count). The Hall–Kier alpha value is -2.92. The van der Waals surface area contributed by atoms with Crippen molar-refractivity contribution in [3.05, 3.63) is 85.1 Å². The fraction of sp³-hybridized carbons (Fsp3) is 0.719. The molecule has 5 nitrogen and oxygen atoms in total. The molecule has 1 atom stereocenters. The maximum Gasteiger partial charge on any atom is 0.306 e. The molecule has 0 saturated carbocycles. The van der Waals surface area contributed by atoms with Gasteiger partial charge in [-0.15, -0.1) is 0 Å². The first-order valence-corrected chi connectivity index (χ1v) is 26.1. The van der Waals surface area contributed by atoms with Crippen LogP contribution in [0.2, 0.25) is 0 Å². The van der Waals surface area contributed by atoms with Crippen molar-refractivity contribution in [3.63, 3.8) is 0 Å².